The lowest BCUT2D eigenvalue weighted by molar-refractivity contribution is -0.385. The zero-order chi connectivity index (χ0) is 15.0. The van der Waals surface area contributed by atoms with Gasteiger partial charge in [-0.1, -0.05) is 6.07 Å². The second kappa shape index (κ2) is 5.73. The largest absolute Gasteiger partial charge is 0.374 e. The summed E-state index contributed by atoms with van der Waals surface area (Å²) in [6.07, 6.45) is 3.07. The van der Waals surface area contributed by atoms with Crippen LogP contribution in [0.15, 0.2) is 22.7 Å². The van der Waals surface area contributed by atoms with E-state index in [1.54, 1.807) is 12.1 Å². The number of ether oxygens (including phenoxy) is 1. The van der Waals surface area contributed by atoms with Gasteiger partial charge in [0.1, 0.15) is 4.47 Å². The summed E-state index contributed by atoms with van der Waals surface area (Å²) in [5, 5.41) is 11.0. The zero-order valence-electron chi connectivity index (χ0n) is 11.3. The average Bonchev–Trinajstić information content (AvgIpc) is 2.94. The van der Waals surface area contributed by atoms with Crippen molar-refractivity contribution in [1.29, 1.82) is 0 Å². The summed E-state index contributed by atoms with van der Waals surface area (Å²) in [4.78, 5) is 25.1. The molecule has 1 aromatic carbocycles. The Morgan fingerprint density at radius 2 is 2.24 bits per heavy atom. The van der Waals surface area contributed by atoms with Crippen LogP contribution < -0.4 is 0 Å². The van der Waals surface area contributed by atoms with Crippen LogP contribution in [0.25, 0.3) is 0 Å². The fourth-order valence-corrected chi connectivity index (χ4v) is 3.74. The third-order valence-corrected chi connectivity index (χ3v) is 4.98. The van der Waals surface area contributed by atoms with Crippen molar-refractivity contribution in [3.8, 4) is 0 Å². The molecule has 0 spiro atoms. The number of nitro benzene ring substituents is 1. The number of hydrogen-bond acceptors (Lipinski definition) is 4. The standard InChI is InChI=1S/C14H15BrN2O4/c15-13-9(3-1-5-11(13)17(19)20)14(18)16-7-8-21-12-6-2-4-10(12)16/h1,3,5,10,12H,2,4,6-8H2. The molecule has 112 valence electrons. The summed E-state index contributed by atoms with van der Waals surface area (Å²) in [5.41, 5.74) is 0.258. The van der Waals surface area contributed by atoms with E-state index in [1.165, 1.54) is 6.07 Å². The van der Waals surface area contributed by atoms with Gasteiger partial charge in [0.15, 0.2) is 0 Å². The summed E-state index contributed by atoms with van der Waals surface area (Å²) < 4.78 is 5.95. The maximum absolute atomic E-state index is 12.8. The number of fused-ring (bicyclic) bond motifs is 1. The van der Waals surface area contributed by atoms with Gasteiger partial charge in [0.25, 0.3) is 11.6 Å². The quantitative estimate of drug-likeness (QED) is 0.604. The van der Waals surface area contributed by atoms with Gasteiger partial charge >= 0.3 is 0 Å². The minimum atomic E-state index is -0.488. The molecule has 7 heteroatoms. The van der Waals surface area contributed by atoms with Crippen LogP contribution in [-0.4, -0.2) is 41.0 Å². The van der Waals surface area contributed by atoms with Gasteiger partial charge in [-0.05, 0) is 41.3 Å². The van der Waals surface area contributed by atoms with Crippen LogP contribution >= 0.6 is 15.9 Å². The van der Waals surface area contributed by atoms with E-state index in [-0.39, 0.29) is 28.2 Å². The third kappa shape index (κ3) is 2.55. The number of amides is 1. The molecule has 2 atom stereocenters. The highest BCUT2D eigenvalue weighted by Crippen LogP contribution is 2.33. The van der Waals surface area contributed by atoms with Crippen LogP contribution in [0.3, 0.4) is 0 Å². The molecular formula is C14H15BrN2O4. The predicted octanol–water partition coefficient (Wildman–Crippen LogP) is 2.75. The Morgan fingerprint density at radius 3 is 3.00 bits per heavy atom. The number of hydrogen-bond donors (Lipinski definition) is 0. The number of morpholine rings is 1. The highest BCUT2D eigenvalue weighted by atomic mass is 79.9. The minimum Gasteiger partial charge on any atom is -0.374 e. The number of rotatable bonds is 2. The topological polar surface area (TPSA) is 72.7 Å². The van der Waals surface area contributed by atoms with Crippen molar-refractivity contribution in [1.82, 2.24) is 4.90 Å². The molecule has 1 heterocycles. The maximum atomic E-state index is 12.8. The molecular weight excluding hydrogens is 340 g/mol. The molecule has 1 saturated carbocycles. The van der Waals surface area contributed by atoms with E-state index in [1.807, 2.05) is 4.90 Å². The number of carbonyl (C=O) groups excluding carboxylic acids is 1. The van der Waals surface area contributed by atoms with E-state index >= 15 is 0 Å². The first-order valence-corrected chi connectivity index (χ1v) is 7.74. The van der Waals surface area contributed by atoms with Gasteiger partial charge in [-0.25, -0.2) is 0 Å². The van der Waals surface area contributed by atoms with E-state index in [2.05, 4.69) is 15.9 Å². The zero-order valence-corrected chi connectivity index (χ0v) is 12.9. The Kier molecular flexibility index (Phi) is 3.95. The van der Waals surface area contributed by atoms with Crippen LogP contribution in [-0.2, 0) is 4.74 Å². The number of carbonyl (C=O) groups is 1. The molecule has 1 saturated heterocycles. The predicted molar refractivity (Wildman–Crippen MR) is 79.2 cm³/mol. The van der Waals surface area contributed by atoms with Crippen LogP contribution in [0.5, 0.6) is 0 Å². The van der Waals surface area contributed by atoms with Gasteiger partial charge in [-0.3, -0.25) is 14.9 Å². The Hall–Kier alpha value is -1.47. The molecule has 1 aliphatic heterocycles. The van der Waals surface area contributed by atoms with Gasteiger partial charge in [-0.2, -0.15) is 0 Å². The Morgan fingerprint density at radius 1 is 1.43 bits per heavy atom. The Labute approximate surface area is 130 Å². The van der Waals surface area contributed by atoms with Gasteiger partial charge < -0.3 is 9.64 Å². The van der Waals surface area contributed by atoms with Crippen molar-refractivity contribution in [2.45, 2.75) is 31.4 Å². The number of nitrogens with zero attached hydrogens (tertiary/aromatic N) is 2. The SMILES string of the molecule is O=C(c1cccc([N+](=O)[O-])c1Br)N1CCOC2CCCC21. The third-order valence-electron chi connectivity index (χ3n) is 4.15. The van der Waals surface area contributed by atoms with Crippen molar-refractivity contribution in [2.75, 3.05) is 13.2 Å². The summed E-state index contributed by atoms with van der Waals surface area (Å²) in [7, 11) is 0. The van der Waals surface area contributed by atoms with Crippen LogP contribution in [0, 0.1) is 10.1 Å². The summed E-state index contributed by atoms with van der Waals surface area (Å²) in [6, 6.07) is 4.65. The van der Waals surface area contributed by atoms with E-state index in [0.29, 0.717) is 18.7 Å². The number of nitro groups is 1. The molecule has 1 amide bonds. The molecule has 1 aromatic rings. The highest BCUT2D eigenvalue weighted by molar-refractivity contribution is 9.10. The first kappa shape index (κ1) is 14.5. The Balaban J connectivity index is 1.91. The van der Waals surface area contributed by atoms with E-state index < -0.39 is 4.92 Å². The lowest BCUT2D eigenvalue weighted by Crippen LogP contribution is -2.51. The molecule has 0 aromatic heterocycles. The first-order valence-electron chi connectivity index (χ1n) is 6.95. The lowest BCUT2D eigenvalue weighted by atomic mass is 10.1. The summed E-state index contributed by atoms with van der Waals surface area (Å²) in [6.45, 7) is 1.06. The van der Waals surface area contributed by atoms with Crippen molar-refractivity contribution in [3.05, 3.63) is 38.3 Å². The van der Waals surface area contributed by atoms with Crippen molar-refractivity contribution < 1.29 is 14.5 Å². The van der Waals surface area contributed by atoms with Crippen molar-refractivity contribution >= 4 is 27.5 Å². The molecule has 1 aliphatic carbocycles. The molecule has 0 N–H and O–H groups in total. The van der Waals surface area contributed by atoms with Crippen LogP contribution in [0.2, 0.25) is 0 Å². The van der Waals surface area contributed by atoms with Crippen LogP contribution in [0.1, 0.15) is 29.6 Å². The second-order valence-electron chi connectivity index (χ2n) is 5.30. The highest BCUT2D eigenvalue weighted by Gasteiger charge is 2.39. The average molecular weight is 355 g/mol. The monoisotopic (exact) mass is 354 g/mol. The van der Waals surface area contributed by atoms with Gasteiger partial charge in [-0.15, -0.1) is 0 Å². The van der Waals surface area contributed by atoms with Crippen molar-refractivity contribution in [2.24, 2.45) is 0 Å². The number of halogens is 1. The van der Waals surface area contributed by atoms with E-state index in [9.17, 15) is 14.9 Å². The smallest absolute Gasteiger partial charge is 0.284 e. The fraction of sp³-hybridized carbons (Fsp3) is 0.500. The van der Waals surface area contributed by atoms with Gasteiger partial charge in [0.2, 0.25) is 0 Å². The summed E-state index contributed by atoms with van der Waals surface area (Å²) >= 11 is 3.20. The van der Waals surface area contributed by atoms with Gasteiger partial charge in [0.05, 0.1) is 29.2 Å². The van der Waals surface area contributed by atoms with E-state index in [4.69, 9.17) is 4.74 Å². The van der Waals surface area contributed by atoms with Crippen LogP contribution in [0.4, 0.5) is 5.69 Å². The first-order chi connectivity index (χ1) is 10.1. The van der Waals surface area contributed by atoms with Gasteiger partial charge in [0, 0.05) is 12.6 Å². The molecule has 3 rings (SSSR count). The molecule has 0 bridgehead atoms. The normalized spacial score (nSPS) is 24.7. The summed E-state index contributed by atoms with van der Waals surface area (Å²) in [5.74, 6) is -0.161. The molecule has 2 aliphatic rings. The fourth-order valence-electron chi connectivity index (χ4n) is 3.16. The minimum absolute atomic E-state index is 0.0860. The lowest BCUT2D eigenvalue weighted by Gasteiger charge is -2.37. The molecule has 2 fully saturated rings. The molecule has 6 nitrogen and oxygen atoms in total. The molecule has 0 radical (unpaired) electrons. The van der Waals surface area contributed by atoms with E-state index in [0.717, 1.165) is 19.3 Å². The molecule has 21 heavy (non-hydrogen) atoms. The maximum Gasteiger partial charge on any atom is 0.284 e. The van der Waals surface area contributed by atoms with Crippen molar-refractivity contribution in [3.63, 3.8) is 0 Å². The Bertz CT molecular complexity index is 592. The molecule has 2 unspecified atom stereocenters. The second-order valence-corrected chi connectivity index (χ2v) is 6.09. The number of benzene rings is 1.